The number of fused-ring (bicyclic) bond motifs is 1. The predicted molar refractivity (Wildman–Crippen MR) is 111 cm³/mol. The molecule has 3 aromatic rings. The topological polar surface area (TPSA) is 71.1 Å². The van der Waals surface area contributed by atoms with Gasteiger partial charge in [0.2, 0.25) is 11.8 Å². The number of para-hydroxylation sites is 1. The molecule has 6 heteroatoms. The van der Waals surface area contributed by atoms with E-state index in [1.54, 1.807) is 11.3 Å². The molecule has 0 saturated carbocycles. The van der Waals surface area contributed by atoms with Crippen LogP contribution in [-0.2, 0) is 9.59 Å². The van der Waals surface area contributed by atoms with Crippen LogP contribution in [0.4, 0.5) is 5.69 Å². The summed E-state index contributed by atoms with van der Waals surface area (Å²) in [4.78, 5) is 28.5. The maximum atomic E-state index is 12.0. The van der Waals surface area contributed by atoms with E-state index in [2.05, 4.69) is 21.7 Å². The molecular weight excluding hydrogens is 358 g/mol. The molecule has 0 unspecified atom stereocenters. The minimum Gasteiger partial charge on any atom is -0.355 e. The van der Waals surface area contributed by atoms with Crippen LogP contribution in [0.1, 0.15) is 27.2 Å². The number of nitrogens with zero attached hydrogens (tertiary/aromatic N) is 1. The number of amides is 2. The molecule has 0 fully saturated rings. The average Bonchev–Trinajstić information content (AvgIpc) is 3.05. The van der Waals surface area contributed by atoms with Crippen molar-refractivity contribution in [3.8, 4) is 10.6 Å². The number of benzene rings is 2. The summed E-state index contributed by atoms with van der Waals surface area (Å²) < 4.78 is 1.15. The van der Waals surface area contributed by atoms with Crippen molar-refractivity contribution < 1.29 is 9.59 Å². The van der Waals surface area contributed by atoms with Gasteiger partial charge in [0.05, 0.1) is 10.2 Å². The molecule has 1 aromatic heterocycles. The van der Waals surface area contributed by atoms with Crippen LogP contribution < -0.4 is 10.6 Å². The molecule has 0 aliphatic heterocycles. The minimum absolute atomic E-state index is 0.0597. The summed E-state index contributed by atoms with van der Waals surface area (Å²) in [6.45, 7) is 5.85. The third-order valence-corrected chi connectivity index (χ3v) is 5.11. The van der Waals surface area contributed by atoms with Crippen LogP contribution >= 0.6 is 11.3 Å². The number of carbonyl (C=O) groups excluding carboxylic acids is 2. The minimum atomic E-state index is -0.451. The third kappa shape index (κ3) is 4.92. The normalized spacial score (nSPS) is 11.4. The van der Waals surface area contributed by atoms with Crippen molar-refractivity contribution in [1.82, 2.24) is 10.3 Å². The Kier molecular flexibility index (Phi) is 5.56. The van der Waals surface area contributed by atoms with Gasteiger partial charge in [0.25, 0.3) is 0 Å². The highest BCUT2D eigenvalue weighted by molar-refractivity contribution is 7.21. The highest BCUT2D eigenvalue weighted by atomic mass is 32.1. The van der Waals surface area contributed by atoms with Gasteiger partial charge >= 0.3 is 0 Å². The second kappa shape index (κ2) is 7.88. The summed E-state index contributed by atoms with van der Waals surface area (Å²) >= 11 is 1.65. The van der Waals surface area contributed by atoms with Crippen molar-refractivity contribution in [3.05, 3.63) is 48.5 Å². The smallest absolute Gasteiger partial charge is 0.226 e. The summed E-state index contributed by atoms with van der Waals surface area (Å²) in [5.74, 6) is -0.188. The number of aromatic nitrogens is 1. The van der Waals surface area contributed by atoms with E-state index in [0.717, 1.165) is 26.5 Å². The summed E-state index contributed by atoms with van der Waals surface area (Å²) in [5.41, 5.74) is 2.29. The van der Waals surface area contributed by atoms with E-state index in [4.69, 9.17) is 0 Å². The summed E-state index contributed by atoms with van der Waals surface area (Å²) in [6, 6.07) is 15.7. The number of thiazole rings is 1. The highest BCUT2D eigenvalue weighted by Gasteiger charge is 2.20. The lowest BCUT2D eigenvalue weighted by Gasteiger charge is -2.17. The SMILES string of the molecule is CC(C)(C)C(=O)NCCC(=O)Nc1ccc(-c2nc3ccccc3s2)cc1. The molecular formula is C21H23N3O2S. The number of carbonyl (C=O) groups is 2. The Bertz CT molecular complexity index is 922. The first-order valence-electron chi connectivity index (χ1n) is 8.87. The van der Waals surface area contributed by atoms with Crippen molar-refractivity contribution in [2.75, 3.05) is 11.9 Å². The lowest BCUT2D eigenvalue weighted by Crippen LogP contribution is -2.36. The van der Waals surface area contributed by atoms with E-state index in [-0.39, 0.29) is 18.2 Å². The molecule has 3 rings (SSSR count). The largest absolute Gasteiger partial charge is 0.355 e. The monoisotopic (exact) mass is 381 g/mol. The van der Waals surface area contributed by atoms with E-state index in [9.17, 15) is 9.59 Å². The van der Waals surface area contributed by atoms with E-state index in [0.29, 0.717) is 6.54 Å². The van der Waals surface area contributed by atoms with Crippen LogP contribution in [0.5, 0.6) is 0 Å². The Balaban J connectivity index is 1.56. The number of hydrogen-bond acceptors (Lipinski definition) is 4. The van der Waals surface area contributed by atoms with Crippen LogP contribution in [0.2, 0.25) is 0 Å². The van der Waals surface area contributed by atoms with E-state index in [1.807, 2.05) is 63.2 Å². The van der Waals surface area contributed by atoms with Crippen molar-refractivity contribution in [2.45, 2.75) is 27.2 Å². The summed E-state index contributed by atoms with van der Waals surface area (Å²) in [5, 5.41) is 6.59. The maximum absolute atomic E-state index is 12.0. The Hall–Kier alpha value is -2.73. The molecule has 0 spiro atoms. The van der Waals surface area contributed by atoms with Gasteiger partial charge in [-0.05, 0) is 36.4 Å². The molecule has 0 bridgehead atoms. The first kappa shape index (κ1) is 19.0. The first-order valence-corrected chi connectivity index (χ1v) is 9.69. The standard InChI is InChI=1S/C21H23N3O2S/c1-21(2,3)20(26)22-13-12-18(25)23-15-10-8-14(9-11-15)19-24-16-6-4-5-7-17(16)27-19/h4-11H,12-13H2,1-3H3,(H,22,26)(H,23,25). The molecule has 2 amide bonds. The van der Waals surface area contributed by atoms with Crippen LogP contribution in [0, 0.1) is 5.41 Å². The number of anilines is 1. The zero-order valence-corrected chi connectivity index (χ0v) is 16.5. The van der Waals surface area contributed by atoms with Gasteiger partial charge in [-0.3, -0.25) is 9.59 Å². The van der Waals surface area contributed by atoms with Crippen LogP contribution in [0.15, 0.2) is 48.5 Å². The predicted octanol–water partition coefficient (Wildman–Crippen LogP) is 4.45. The Morgan fingerprint density at radius 1 is 1.04 bits per heavy atom. The van der Waals surface area contributed by atoms with Crippen LogP contribution in [0.3, 0.4) is 0 Å². The average molecular weight is 382 g/mol. The molecule has 140 valence electrons. The highest BCUT2D eigenvalue weighted by Crippen LogP contribution is 2.30. The molecule has 27 heavy (non-hydrogen) atoms. The van der Waals surface area contributed by atoms with Gasteiger partial charge < -0.3 is 10.6 Å². The molecule has 0 atom stereocenters. The Morgan fingerprint density at radius 2 is 1.74 bits per heavy atom. The molecule has 1 heterocycles. The third-order valence-electron chi connectivity index (χ3n) is 4.03. The van der Waals surface area contributed by atoms with Gasteiger partial charge in [-0.1, -0.05) is 32.9 Å². The fraction of sp³-hybridized carbons (Fsp3) is 0.286. The van der Waals surface area contributed by atoms with Crippen molar-refractivity contribution in [2.24, 2.45) is 5.41 Å². The van der Waals surface area contributed by atoms with Gasteiger partial charge in [0.1, 0.15) is 5.01 Å². The van der Waals surface area contributed by atoms with Crippen LogP contribution in [0.25, 0.3) is 20.8 Å². The molecule has 0 aliphatic rings. The van der Waals surface area contributed by atoms with Crippen molar-refractivity contribution >= 4 is 39.1 Å². The second-order valence-electron chi connectivity index (χ2n) is 7.37. The number of nitrogens with one attached hydrogen (secondary N) is 2. The molecule has 5 nitrogen and oxygen atoms in total. The molecule has 2 aromatic carbocycles. The van der Waals surface area contributed by atoms with Gasteiger partial charge in [0, 0.05) is 29.6 Å². The zero-order valence-electron chi connectivity index (χ0n) is 15.7. The first-order chi connectivity index (χ1) is 12.8. The quantitative estimate of drug-likeness (QED) is 0.686. The molecule has 2 N–H and O–H groups in total. The van der Waals surface area contributed by atoms with E-state index in [1.165, 1.54) is 0 Å². The van der Waals surface area contributed by atoms with Crippen molar-refractivity contribution in [3.63, 3.8) is 0 Å². The zero-order chi connectivity index (χ0) is 19.4. The number of hydrogen-bond donors (Lipinski definition) is 2. The fourth-order valence-corrected chi connectivity index (χ4v) is 3.44. The Labute approximate surface area is 162 Å². The second-order valence-corrected chi connectivity index (χ2v) is 8.40. The lowest BCUT2D eigenvalue weighted by atomic mass is 9.96. The van der Waals surface area contributed by atoms with Crippen molar-refractivity contribution in [1.29, 1.82) is 0 Å². The van der Waals surface area contributed by atoms with Gasteiger partial charge in [-0.2, -0.15) is 0 Å². The van der Waals surface area contributed by atoms with Gasteiger partial charge in [-0.15, -0.1) is 11.3 Å². The summed E-state index contributed by atoms with van der Waals surface area (Å²) in [6.07, 6.45) is 0.238. The molecule has 0 saturated heterocycles. The molecule has 0 radical (unpaired) electrons. The van der Waals surface area contributed by atoms with Crippen LogP contribution in [-0.4, -0.2) is 23.3 Å². The fourth-order valence-electron chi connectivity index (χ4n) is 2.47. The Morgan fingerprint density at radius 3 is 2.41 bits per heavy atom. The number of rotatable bonds is 5. The summed E-state index contributed by atoms with van der Waals surface area (Å²) in [7, 11) is 0. The van der Waals surface area contributed by atoms with E-state index >= 15 is 0 Å². The van der Waals surface area contributed by atoms with Gasteiger partial charge in [-0.25, -0.2) is 4.98 Å². The van der Waals surface area contributed by atoms with E-state index < -0.39 is 5.41 Å². The lowest BCUT2D eigenvalue weighted by molar-refractivity contribution is -0.128. The van der Waals surface area contributed by atoms with Gasteiger partial charge in [0.15, 0.2) is 0 Å². The molecule has 0 aliphatic carbocycles. The maximum Gasteiger partial charge on any atom is 0.226 e.